The Kier molecular flexibility index (Phi) is 8.08. The van der Waals surface area contributed by atoms with E-state index in [2.05, 4.69) is 5.32 Å². The topological polar surface area (TPSA) is 49.4 Å². The van der Waals surface area contributed by atoms with Crippen LogP contribution in [0.15, 0.2) is 0 Å². The van der Waals surface area contributed by atoms with E-state index in [0.29, 0.717) is 23.5 Å². The van der Waals surface area contributed by atoms with Crippen molar-refractivity contribution in [1.82, 2.24) is 10.2 Å². The second-order valence-corrected chi connectivity index (χ2v) is 6.16. The Hall–Kier alpha value is -0.900. The van der Waals surface area contributed by atoms with Crippen molar-refractivity contribution in [2.75, 3.05) is 26.2 Å². The zero-order chi connectivity index (χ0) is 16.7. The number of hydrogen-bond donors (Lipinski definition) is 1. The number of Topliss-reactive ketones (excluding diaryl/α,β-unsaturated/α-hetero) is 1. The van der Waals surface area contributed by atoms with Crippen LogP contribution in [0.3, 0.4) is 0 Å². The van der Waals surface area contributed by atoms with Crippen LogP contribution in [0.1, 0.15) is 53.9 Å². The summed E-state index contributed by atoms with van der Waals surface area (Å²) in [6, 6.07) is 0. The van der Waals surface area contributed by atoms with E-state index < -0.39 is 0 Å². The predicted octanol–water partition coefficient (Wildman–Crippen LogP) is 2.72. The molecule has 2 atom stereocenters. The quantitative estimate of drug-likeness (QED) is 0.853. The highest BCUT2D eigenvalue weighted by atomic mass is 16.2. The molecule has 128 valence electrons. The maximum absolute atomic E-state index is 12.4. The Morgan fingerprint density at radius 3 is 1.91 bits per heavy atom. The van der Waals surface area contributed by atoms with Gasteiger partial charge in [0.05, 0.1) is 0 Å². The monoisotopic (exact) mass is 310 g/mol. The molecule has 2 unspecified atom stereocenters. The molecular formula is C18H34N2O2. The molecule has 0 radical (unpaired) electrons. The lowest BCUT2D eigenvalue weighted by Gasteiger charge is -2.53. The molecule has 1 saturated carbocycles. The minimum Gasteiger partial charge on any atom is -0.342 e. The van der Waals surface area contributed by atoms with Crippen LogP contribution in [0.4, 0.5) is 0 Å². The van der Waals surface area contributed by atoms with Crippen molar-refractivity contribution in [1.29, 1.82) is 0 Å². The molecule has 1 aliphatic carbocycles. The molecule has 3 heterocycles. The van der Waals surface area contributed by atoms with Gasteiger partial charge in [-0.15, -0.1) is 0 Å². The lowest BCUT2D eigenvalue weighted by atomic mass is 9.60. The van der Waals surface area contributed by atoms with E-state index in [4.69, 9.17) is 0 Å². The molecule has 3 aliphatic heterocycles. The second-order valence-electron chi connectivity index (χ2n) is 6.16. The first-order valence-corrected chi connectivity index (χ1v) is 9.16. The lowest BCUT2D eigenvalue weighted by Crippen LogP contribution is -2.59. The van der Waals surface area contributed by atoms with Crippen molar-refractivity contribution in [2.24, 2.45) is 23.7 Å². The number of amides is 1. The van der Waals surface area contributed by atoms with E-state index in [9.17, 15) is 9.59 Å². The number of fused-ring (bicyclic) bond motifs is 2. The Labute approximate surface area is 136 Å². The van der Waals surface area contributed by atoms with Crippen molar-refractivity contribution >= 4 is 11.7 Å². The van der Waals surface area contributed by atoms with E-state index in [1.165, 1.54) is 0 Å². The van der Waals surface area contributed by atoms with Gasteiger partial charge in [0.25, 0.3) is 0 Å². The minimum absolute atomic E-state index is 0.222. The molecule has 4 rings (SSSR count). The third-order valence-corrected chi connectivity index (χ3v) is 5.00. The van der Waals surface area contributed by atoms with Gasteiger partial charge in [-0.2, -0.15) is 0 Å². The standard InChI is InChI=1S/C14H22N2O2.2C2H6/c1-9(17)13-11-6-12(13)8-16(7-11)14(18)10-2-4-15-5-3-10;2*1-2/h10-13,15H,2-8H2,1H3;2*1-2H3. The largest absolute Gasteiger partial charge is 0.342 e. The molecule has 3 saturated heterocycles. The molecule has 4 aliphatic rings. The van der Waals surface area contributed by atoms with Crippen LogP contribution in [0.25, 0.3) is 0 Å². The first-order valence-electron chi connectivity index (χ1n) is 9.16. The summed E-state index contributed by atoms with van der Waals surface area (Å²) >= 11 is 0. The molecule has 4 nitrogen and oxygen atoms in total. The highest BCUT2D eigenvalue weighted by Crippen LogP contribution is 2.46. The van der Waals surface area contributed by atoms with Crippen molar-refractivity contribution in [2.45, 2.75) is 53.9 Å². The molecule has 2 bridgehead atoms. The summed E-state index contributed by atoms with van der Waals surface area (Å²) < 4.78 is 0. The smallest absolute Gasteiger partial charge is 0.225 e. The normalized spacial score (nSPS) is 30.0. The third-order valence-electron chi connectivity index (χ3n) is 5.00. The fourth-order valence-corrected chi connectivity index (χ4v) is 4.06. The van der Waals surface area contributed by atoms with Gasteiger partial charge in [0.2, 0.25) is 5.91 Å². The summed E-state index contributed by atoms with van der Waals surface area (Å²) in [5.74, 6) is 2.04. The number of hydrogen-bond acceptors (Lipinski definition) is 3. The van der Waals surface area contributed by atoms with Crippen LogP contribution >= 0.6 is 0 Å². The summed E-state index contributed by atoms with van der Waals surface area (Å²) in [5.41, 5.74) is 0. The van der Waals surface area contributed by atoms with Crippen molar-refractivity contribution in [3.05, 3.63) is 0 Å². The zero-order valence-corrected chi connectivity index (χ0v) is 15.0. The fourth-order valence-electron chi connectivity index (χ4n) is 4.06. The summed E-state index contributed by atoms with van der Waals surface area (Å²) in [5, 5.41) is 3.30. The molecule has 1 N–H and O–H groups in total. The van der Waals surface area contributed by atoms with Gasteiger partial charge in [-0.1, -0.05) is 27.7 Å². The number of rotatable bonds is 2. The van der Waals surface area contributed by atoms with Gasteiger partial charge in [0.1, 0.15) is 5.78 Å². The predicted molar refractivity (Wildman–Crippen MR) is 90.6 cm³/mol. The van der Waals surface area contributed by atoms with Crippen LogP contribution in [0, 0.1) is 23.7 Å². The molecular weight excluding hydrogens is 276 g/mol. The molecule has 4 heteroatoms. The maximum atomic E-state index is 12.4. The lowest BCUT2D eigenvalue weighted by molar-refractivity contribution is -0.153. The summed E-state index contributed by atoms with van der Waals surface area (Å²) in [4.78, 5) is 26.0. The van der Waals surface area contributed by atoms with Crippen LogP contribution in [0.2, 0.25) is 0 Å². The Bertz CT molecular complexity index is 352. The highest BCUT2D eigenvalue weighted by molar-refractivity contribution is 5.82. The molecule has 0 aromatic rings. The van der Waals surface area contributed by atoms with Gasteiger partial charge in [-0.05, 0) is 51.1 Å². The van der Waals surface area contributed by atoms with Crippen molar-refractivity contribution in [3.8, 4) is 0 Å². The summed E-state index contributed by atoms with van der Waals surface area (Å²) in [7, 11) is 0. The maximum Gasteiger partial charge on any atom is 0.225 e. The highest BCUT2D eigenvalue weighted by Gasteiger charge is 2.50. The van der Waals surface area contributed by atoms with Crippen molar-refractivity contribution < 1.29 is 9.59 Å². The second kappa shape index (κ2) is 9.29. The molecule has 0 aromatic carbocycles. The average Bonchev–Trinajstić information content (AvgIpc) is 2.58. The number of carbonyl (C=O) groups excluding carboxylic acids is 2. The Morgan fingerprint density at radius 2 is 1.45 bits per heavy atom. The zero-order valence-electron chi connectivity index (χ0n) is 15.0. The first-order chi connectivity index (χ1) is 10.7. The molecule has 0 spiro atoms. The van der Waals surface area contributed by atoms with Crippen LogP contribution < -0.4 is 5.32 Å². The number of ketones is 1. The van der Waals surface area contributed by atoms with Gasteiger partial charge in [0, 0.05) is 24.9 Å². The molecule has 0 aromatic heterocycles. The van der Waals surface area contributed by atoms with Crippen LogP contribution in [-0.2, 0) is 9.59 Å². The van der Waals surface area contributed by atoms with Gasteiger partial charge in [-0.25, -0.2) is 0 Å². The van der Waals surface area contributed by atoms with Crippen LogP contribution in [-0.4, -0.2) is 42.8 Å². The Balaban J connectivity index is 0.000000561. The van der Waals surface area contributed by atoms with Gasteiger partial charge in [0.15, 0.2) is 0 Å². The number of nitrogens with zero attached hydrogens (tertiary/aromatic N) is 1. The fraction of sp³-hybridized carbons (Fsp3) is 0.889. The van der Waals surface area contributed by atoms with Gasteiger partial charge < -0.3 is 10.2 Å². The third kappa shape index (κ3) is 4.09. The first kappa shape index (κ1) is 19.1. The van der Waals surface area contributed by atoms with Gasteiger partial charge in [-0.3, -0.25) is 9.59 Å². The molecule has 4 fully saturated rings. The average molecular weight is 310 g/mol. The number of nitrogens with one attached hydrogen (secondary N) is 1. The summed E-state index contributed by atoms with van der Waals surface area (Å²) in [6.07, 6.45) is 3.10. The Morgan fingerprint density at radius 1 is 0.955 bits per heavy atom. The number of carbonyl (C=O) groups is 2. The summed E-state index contributed by atoms with van der Waals surface area (Å²) in [6.45, 7) is 13.3. The SMILES string of the molecule is CC.CC.CC(=O)C1C2CC1CN(C(=O)C1CCNCC1)C2. The van der Waals surface area contributed by atoms with Gasteiger partial charge >= 0.3 is 0 Å². The van der Waals surface area contributed by atoms with Crippen molar-refractivity contribution in [3.63, 3.8) is 0 Å². The van der Waals surface area contributed by atoms with E-state index in [0.717, 1.165) is 45.4 Å². The number of piperidine rings is 3. The molecule has 22 heavy (non-hydrogen) atoms. The van der Waals surface area contributed by atoms with Crippen LogP contribution in [0.5, 0.6) is 0 Å². The molecule has 1 amide bonds. The minimum atomic E-state index is 0.222. The van der Waals surface area contributed by atoms with E-state index in [-0.39, 0.29) is 11.8 Å². The van der Waals surface area contributed by atoms with E-state index >= 15 is 0 Å². The van der Waals surface area contributed by atoms with E-state index in [1.54, 1.807) is 6.92 Å². The van der Waals surface area contributed by atoms with E-state index in [1.807, 2.05) is 32.6 Å².